The van der Waals surface area contributed by atoms with Crippen LogP contribution in [0.15, 0.2) is 36.4 Å². The van der Waals surface area contributed by atoms with Gasteiger partial charge in [0.15, 0.2) is 5.82 Å². The quantitative estimate of drug-likeness (QED) is 0.842. The van der Waals surface area contributed by atoms with Crippen molar-refractivity contribution in [3.8, 4) is 5.88 Å². The van der Waals surface area contributed by atoms with Crippen LogP contribution in [0.1, 0.15) is 12.0 Å². The zero-order valence-electron chi connectivity index (χ0n) is 13.7. The molecule has 0 radical (unpaired) electrons. The van der Waals surface area contributed by atoms with E-state index in [0.29, 0.717) is 31.2 Å². The minimum absolute atomic E-state index is 0.140. The van der Waals surface area contributed by atoms with Gasteiger partial charge < -0.3 is 15.0 Å². The van der Waals surface area contributed by atoms with Crippen LogP contribution >= 0.6 is 0 Å². The molecule has 0 aliphatic carbocycles. The number of aryl methyl sites for hydroxylation is 1. The van der Waals surface area contributed by atoms with Gasteiger partial charge in [-0.05, 0) is 12.0 Å². The van der Waals surface area contributed by atoms with Crippen molar-refractivity contribution >= 4 is 17.6 Å². The number of likely N-dealkylation sites (tertiary alicyclic amines) is 1. The van der Waals surface area contributed by atoms with Crippen molar-refractivity contribution < 1.29 is 14.3 Å². The highest BCUT2D eigenvalue weighted by Crippen LogP contribution is 2.23. The molecule has 7 nitrogen and oxygen atoms in total. The number of carbonyl (C=O) groups is 2. The average molecular weight is 328 g/mol. The average Bonchev–Trinajstić information content (AvgIpc) is 3.11. The lowest BCUT2D eigenvalue weighted by atomic mass is 10.1. The second kappa shape index (κ2) is 6.74. The molecule has 1 fully saturated rings. The fourth-order valence-corrected chi connectivity index (χ4v) is 2.86. The van der Waals surface area contributed by atoms with Gasteiger partial charge in [-0.25, -0.2) is 4.68 Å². The fraction of sp³-hybridized carbons (Fsp3) is 0.353. The molecule has 0 bridgehead atoms. The maximum absolute atomic E-state index is 12.5. The third-order valence-electron chi connectivity index (χ3n) is 4.13. The molecule has 2 heterocycles. The number of nitrogens with zero attached hydrogens (tertiary/aromatic N) is 3. The Morgan fingerprint density at radius 2 is 2.12 bits per heavy atom. The third-order valence-corrected chi connectivity index (χ3v) is 4.13. The van der Waals surface area contributed by atoms with E-state index in [4.69, 9.17) is 4.74 Å². The summed E-state index contributed by atoms with van der Waals surface area (Å²) in [7, 11) is 3.25. The Kier molecular flexibility index (Phi) is 4.50. The number of hydrogen-bond acceptors (Lipinski definition) is 4. The zero-order valence-corrected chi connectivity index (χ0v) is 13.7. The maximum Gasteiger partial charge on any atom is 0.238 e. The van der Waals surface area contributed by atoms with E-state index in [-0.39, 0.29) is 11.8 Å². The standard InChI is InChI=1S/C17H20N4O3/c1-20-15(24-2)10-14(19-20)18-16(22)13-8-9-21(17(13)23)11-12-6-4-3-5-7-12/h3-7,10,13H,8-9,11H2,1-2H3,(H,18,19,22). The molecule has 2 aromatic rings. The predicted molar refractivity (Wildman–Crippen MR) is 88.4 cm³/mol. The summed E-state index contributed by atoms with van der Waals surface area (Å²) in [5.74, 6) is -0.209. The Bertz CT molecular complexity index is 742. The maximum atomic E-state index is 12.5. The number of benzene rings is 1. The first-order valence-corrected chi connectivity index (χ1v) is 7.80. The first kappa shape index (κ1) is 16.0. The number of anilines is 1. The largest absolute Gasteiger partial charge is 0.481 e. The normalized spacial score (nSPS) is 17.2. The van der Waals surface area contributed by atoms with Gasteiger partial charge in [-0.1, -0.05) is 30.3 Å². The molecule has 0 spiro atoms. The van der Waals surface area contributed by atoms with E-state index in [1.54, 1.807) is 18.0 Å². The number of aromatic nitrogens is 2. The Morgan fingerprint density at radius 1 is 1.38 bits per heavy atom. The van der Waals surface area contributed by atoms with Crippen LogP contribution in [0.4, 0.5) is 5.82 Å². The number of methoxy groups -OCH3 is 1. The first-order chi connectivity index (χ1) is 11.6. The number of nitrogens with one attached hydrogen (secondary N) is 1. The summed E-state index contributed by atoms with van der Waals surface area (Å²) >= 11 is 0. The van der Waals surface area contributed by atoms with Gasteiger partial charge in [-0.3, -0.25) is 9.59 Å². The molecule has 1 atom stereocenters. The van der Waals surface area contributed by atoms with E-state index in [1.807, 2.05) is 30.3 Å². The molecule has 1 aliphatic heterocycles. The summed E-state index contributed by atoms with van der Waals surface area (Å²) in [4.78, 5) is 26.6. The van der Waals surface area contributed by atoms with Crippen molar-refractivity contribution in [3.05, 3.63) is 42.0 Å². The third kappa shape index (κ3) is 3.24. The molecule has 24 heavy (non-hydrogen) atoms. The fourth-order valence-electron chi connectivity index (χ4n) is 2.86. The van der Waals surface area contributed by atoms with Gasteiger partial charge in [0.1, 0.15) is 5.92 Å². The van der Waals surface area contributed by atoms with Crippen LogP contribution in [-0.2, 0) is 23.2 Å². The minimum atomic E-state index is -0.665. The van der Waals surface area contributed by atoms with Crippen molar-refractivity contribution in [1.82, 2.24) is 14.7 Å². The van der Waals surface area contributed by atoms with E-state index >= 15 is 0 Å². The number of carbonyl (C=O) groups excluding carboxylic acids is 2. The van der Waals surface area contributed by atoms with Crippen molar-refractivity contribution in [2.45, 2.75) is 13.0 Å². The summed E-state index contributed by atoms with van der Waals surface area (Å²) in [6.07, 6.45) is 0.515. The van der Waals surface area contributed by atoms with Crippen LogP contribution in [0.5, 0.6) is 5.88 Å². The number of ether oxygens (including phenoxy) is 1. The molecule has 1 aliphatic rings. The summed E-state index contributed by atoms with van der Waals surface area (Å²) in [6, 6.07) is 11.4. The van der Waals surface area contributed by atoms with E-state index in [1.165, 1.54) is 11.8 Å². The molecule has 3 rings (SSSR count). The highest BCUT2D eigenvalue weighted by Gasteiger charge is 2.37. The van der Waals surface area contributed by atoms with Crippen LogP contribution in [-0.4, -0.2) is 40.1 Å². The van der Waals surface area contributed by atoms with Crippen molar-refractivity contribution in [2.75, 3.05) is 19.0 Å². The molecule has 2 amide bonds. The lowest BCUT2D eigenvalue weighted by Gasteiger charge is -2.16. The smallest absolute Gasteiger partial charge is 0.238 e. The van der Waals surface area contributed by atoms with Crippen LogP contribution in [0, 0.1) is 5.92 Å². The molecule has 1 N–H and O–H groups in total. The molecule has 0 saturated carbocycles. The van der Waals surface area contributed by atoms with E-state index in [2.05, 4.69) is 10.4 Å². The number of rotatable bonds is 5. The highest BCUT2D eigenvalue weighted by atomic mass is 16.5. The van der Waals surface area contributed by atoms with Gasteiger partial charge in [0, 0.05) is 26.2 Å². The van der Waals surface area contributed by atoms with E-state index in [0.717, 1.165) is 5.56 Å². The molecule has 1 aromatic heterocycles. The molecule has 1 aromatic carbocycles. The molecule has 126 valence electrons. The van der Waals surface area contributed by atoms with E-state index in [9.17, 15) is 9.59 Å². The highest BCUT2D eigenvalue weighted by molar-refractivity contribution is 6.07. The second-order valence-corrected chi connectivity index (χ2v) is 5.77. The monoisotopic (exact) mass is 328 g/mol. The van der Waals surface area contributed by atoms with Crippen LogP contribution in [0.25, 0.3) is 0 Å². The van der Waals surface area contributed by atoms with Crippen LogP contribution in [0.3, 0.4) is 0 Å². The number of amides is 2. The van der Waals surface area contributed by atoms with Gasteiger partial charge in [-0.15, -0.1) is 0 Å². The predicted octanol–water partition coefficient (Wildman–Crippen LogP) is 1.42. The number of hydrogen-bond donors (Lipinski definition) is 1. The molecular formula is C17H20N4O3. The molecule has 1 saturated heterocycles. The zero-order chi connectivity index (χ0) is 17.1. The Balaban J connectivity index is 1.62. The van der Waals surface area contributed by atoms with Crippen LogP contribution in [0.2, 0.25) is 0 Å². The van der Waals surface area contributed by atoms with Gasteiger partial charge in [0.25, 0.3) is 0 Å². The summed E-state index contributed by atoms with van der Waals surface area (Å²) in [5.41, 5.74) is 1.06. The Labute approximate surface area is 140 Å². The van der Waals surface area contributed by atoms with Crippen molar-refractivity contribution in [2.24, 2.45) is 13.0 Å². The van der Waals surface area contributed by atoms with Gasteiger partial charge in [0.05, 0.1) is 7.11 Å². The lowest BCUT2D eigenvalue weighted by molar-refractivity contribution is -0.136. The summed E-state index contributed by atoms with van der Waals surface area (Å²) in [5, 5.41) is 6.84. The molecule has 7 heteroatoms. The van der Waals surface area contributed by atoms with Gasteiger partial charge in [0.2, 0.25) is 17.7 Å². The topological polar surface area (TPSA) is 76.5 Å². The van der Waals surface area contributed by atoms with Crippen LogP contribution < -0.4 is 10.1 Å². The summed E-state index contributed by atoms with van der Waals surface area (Å²) < 4.78 is 6.63. The minimum Gasteiger partial charge on any atom is -0.481 e. The van der Waals surface area contributed by atoms with Gasteiger partial charge in [-0.2, -0.15) is 5.10 Å². The molecular weight excluding hydrogens is 308 g/mol. The van der Waals surface area contributed by atoms with E-state index < -0.39 is 5.92 Å². The van der Waals surface area contributed by atoms with Crippen molar-refractivity contribution in [3.63, 3.8) is 0 Å². The summed E-state index contributed by atoms with van der Waals surface area (Å²) in [6.45, 7) is 1.11. The lowest BCUT2D eigenvalue weighted by Crippen LogP contribution is -2.32. The Morgan fingerprint density at radius 3 is 2.79 bits per heavy atom. The van der Waals surface area contributed by atoms with Crippen molar-refractivity contribution in [1.29, 1.82) is 0 Å². The second-order valence-electron chi connectivity index (χ2n) is 5.77. The Hall–Kier alpha value is -2.83. The SMILES string of the molecule is COc1cc(NC(=O)C2CCN(Cc3ccccc3)C2=O)nn1C. The molecule has 1 unspecified atom stereocenters. The first-order valence-electron chi connectivity index (χ1n) is 7.80. The van der Waals surface area contributed by atoms with Gasteiger partial charge >= 0.3 is 0 Å².